The Bertz CT molecular complexity index is 528. The van der Waals surface area contributed by atoms with Gasteiger partial charge >= 0.3 is 17.9 Å². The van der Waals surface area contributed by atoms with Crippen LogP contribution in [0.5, 0.6) is 0 Å². The van der Waals surface area contributed by atoms with Crippen molar-refractivity contribution in [2.45, 2.75) is 40.5 Å². The number of hydrogen-bond donors (Lipinski definition) is 4. The summed E-state index contributed by atoms with van der Waals surface area (Å²) in [4.78, 5) is 48.0. The van der Waals surface area contributed by atoms with Crippen molar-refractivity contribution in [3.63, 3.8) is 0 Å². The van der Waals surface area contributed by atoms with Gasteiger partial charge in [-0.1, -0.05) is 47.1 Å². The molecule has 0 rings (SSSR count). The first-order chi connectivity index (χ1) is 16.1. The van der Waals surface area contributed by atoms with E-state index < -0.39 is 17.9 Å². The summed E-state index contributed by atoms with van der Waals surface area (Å²) in [7, 11) is 0. The van der Waals surface area contributed by atoms with Crippen molar-refractivity contribution in [1.82, 2.24) is 20.0 Å². The third kappa shape index (κ3) is 35.2. The standard InChI is InChI=1S/C16H29N5O7.2C3H8.Y/c17-1-3-19(9-10-22)5-6-21(13-16(27)28)8-7-20(12-15(25)26)4-2-18-11-14(23)24;2*1-3-2;/h17-18H,1-9,11-13H2,(H,23,24)(H,25,26)(H,27,28);2*3H2,1-2H3;/q-2;;;. The normalized spacial score (nSPS) is 10.1. The average molecular weight is 581 g/mol. The zero-order valence-corrected chi connectivity index (χ0v) is 24.6. The van der Waals surface area contributed by atoms with Crippen LogP contribution in [-0.2, 0) is 51.9 Å². The minimum absolute atomic E-state index is 0. The third-order valence-electron chi connectivity index (χ3n) is 3.78. The number of carbonyl (C=O) groups excluding carboxylic acids is 1. The van der Waals surface area contributed by atoms with Crippen LogP contribution in [0.3, 0.4) is 0 Å². The van der Waals surface area contributed by atoms with Crippen molar-refractivity contribution in [3.8, 4) is 0 Å². The zero-order valence-electron chi connectivity index (χ0n) is 21.8. The first-order valence-electron chi connectivity index (χ1n) is 11.6. The molecule has 1 radical (unpaired) electrons. The summed E-state index contributed by atoms with van der Waals surface area (Å²) in [5.41, 5.74) is 7.24. The van der Waals surface area contributed by atoms with Crippen LogP contribution in [0, 0.1) is 0 Å². The third-order valence-corrected chi connectivity index (χ3v) is 3.78. The Labute approximate surface area is 235 Å². The molecule has 0 aliphatic rings. The quantitative estimate of drug-likeness (QED) is 0.125. The zero-order chi connectivity index (χ0) is 26.8. The number of nitrogens with zero attached hydrogens (tertiary/aromatic N) is 3. The molecular weight excluding hydrogens is 535 g/mol. The molecule has 0 heterocycles. The monoisotopic (exact) mass is 580 g/mol. The first-order valence-corrected chi connectivity index (χ1v) is 11.6. The van der Waals surface area contributed by atoms with Crippen molar-refractivity contribution in [2.24, 2.45) is 0 Å². The fourth-order valence-corrected chi connectivity index (χ4v) is 2.44. The number of carbonyl (C=O) groups is 3. The average Bonchev–Trinajstić information content (AvgIpc) is 2.73. The molecular formula is C22H45N5O7Y-2. The van der Waals surface area contributed by atoms with Gasteiger partial charge in [0, 0.05) is 72.0 Å². The number of carboxylic acids is 3. The first kappa shape index (κ1) is 41.1. The number of carboxylic acid groups (broad SMARTS) is 3. The molecule has 0 saturated carbocycles. The van der Waals surface area contributed by atoms with Gasteiger partial charge in [0.05, 0.1) is 19.6 Å². The second-order valence-electron chi connectivity index (χ2n) is 7.49. The number of rotatable bonds is 19. The van der Waals surface area contributed by atoms with Crippen LogP contribution in [0.15, 0.2) is 0 Å². The van der Waals surface area contributed by atoms with Gasteiger partial charge in [0.2, 0.25) is 0 Å². The van der Waals surface area contributed by atoms with Crippen molar-refractivity contribution < 1.29 is 67.2 Å². The molecule has 12 nitrogen and oxygen atoms in total. The van der Waals surface area contributed by atoms with E-state index in [9.17, 15) is 19.2 Å². The molecule has 0 aromatic heterocycles. The molecule has 0 bridgehead atoms. The molecule has 0 aromatic carbocycles. The largest absolute Gasteiger partial charge is 0.676 e. The van der Waals surface area contributed by atoms with Gasteiger partial charge in [0.25, 0.3) is 0 Å². The molecule has 0 spiro atoms. The van der Waals surface area contributed by atoms with E-state index in [0.29, 0.717) is 26.2 Å². The van der Waals surface area contributed by atoms with Gasteiger partial charge in [0.1, 0.15) is 0 Å². The summed E-state index contributed by atoms with van der Waals surface area (Å²) in [6.45, 7) is 10.2. The maximum atomic E-state index is 11.1. The summed E-state index contributed by atoms with van der Waals surface area (Å²) < 4.78 is 0. The molecule has 0 atom stereocenters. The molecule has 0 fully saturated rings. The van der Waals surface area contributed by atoms with Gasteiger partial charge in [-0.15, -0.1) is 6.54 Å². The number of nitrogens with one attached hydrogen (secondary N) is 2. The van der Waals surface area contributed by atoms with Crippen molar-refractivity contribution in [3.05, 3.63) is 5.73 Å². The smallest absolute Gasteiger partial charge is 0.317 e. The Balaban J connectivity index is -0.000000617. The molecule has 205 valence electrons. The number of hydrogen-bond acceptors (Lipinski definition) is 8. The van der Waals surface area contributed by atoms with Gasteiger partial charge in [-0.25, -0.2) is 6.29 Å². The molecule has 0 unspecified atom stereocenters. The van der Waals surface area contributed by atoms with Crippen LogP contribution >= 0.6 is 0 Å². The maximum Gasteiger partial charge on any atom is 0.317 e. The Hall–Kier alpha value is -1.02. The van der Waals surface area contributed by atoms with E-state index in [-0.39, 0.29) is 85.1 Å². The van der Waals surface area contributed by atoms with Gasteiger partial charge in [-0.3, -0.25) is 24.2 Å². The molecule has 13 heteroatoms. The minimum Gasteiger partial charge on any atom is -0.676 e. The van der Waals surface area contributed by atoms with E-state index in [1.54, 1.807) is 21.0 Å². The molecule has 0 aromatic rings. The second-order valence-corrected chi connectivity index (χ2v) is 7.49. The molecule has 35 heavy (non-hydrogen) atoms. The molecule has 0 amide bonds. The summed E-state index contributed by atoms with van der Waals surface area (Å²) in [6, 6.07) is 0. The number of aliphatic carboxylic acids is 3. The van der Waals surface area contributed by atoms with Crippen molar-refractivity contribution in [1.29, 1.82) is 0 Å². The predicted octanol–water partition coefficient (Wildman–Crippen LogP) is 0.728. The van der Waals surface area contributed by atoms with E-state index in [1.165, 1.54) is 12.8 Å². The Kier molecular flexibility index (Phi) is 36.4. The van der Waals surface area contributed by atoms with E-state index >= 15 is 0 Å². The SMILES string of the molecule is CCC.CCC.[NH-]CCN(C[C-]=O)CCN(CCN(CCNCC(=O)O)CC(=O)O)CC(=O)O.[Y]. The van der Waals surface area contributed by atoms with Gasteiger partial charge in [-0.2, -0.15) is 0 Å². The van der Waals surface area contributed by atoms with E-state index in [2.05, 4.69) is 33.0 Å². The predicted molar refractivity (Wildman–Crippen MR) is 132 cm³/mol. The Morgan fingerprint density at radius 2 is 1.14 bits per heavy atom. The van der Waals surface area contributed by atoms with Crippen LogP contribution in [0.25, 0.3) is 5.73 Å². The molecule has 0 aliphatic heterocycles. The van der Waals surface area contributed by atoms with E-state index in [4.69, 9.17) is 21.1 Å². The van der Waals surface area contributed by atoms with Gasteiger partial charge in [0.15, 0.2) is 0 Å². The second kappa shape index (κ2) is 31.0. The van der Waals surface area contributed by atoms with Gasteiger partial charge < -0.3 is 36.1 Å². The van der Waals surface area contributed by atoms with Crippen LogP contribution in [0.1, 0.15) is 40.5 Å². The molecule has 5 N–H and O–H groups in total. The van der Waals surface area contributed by atoms with Crippen LogP contribution in [0.4, 0.5) is 0 Å². The summed E-state index contributed by atoms with van der Waals surface area (Å²) in [6.07, 6.45) is 4.26. The topological polar surface area (TPSA) is 175 Å². The van der Waals surface area contributed by atoms with Gasteiger partial charge in [-0.05, 0) is 6.54 Å². The summed E-state index contributed by atoms with van der Waals surface area (Å²) >= 11 is 0. The maximum absolute atomic E-state index is 11.1. The van der Waals surface area contributed by atoms with Crippen LogP contribution in [-0.4, -0.2) is 133 Å². The van der Waals surface area contributed by atoms with Crippen LogP contribution < -0.4 is 5.32 Å². The molecule has 0 aliphatic carbocycles. The summed E-state index contributed by atoms with van der Waals surface area (Å²) in [5, 5.41) is 29.3. The van der Waals surface area contributed by atoms with Crippen LogP contribution in [0.2, 0.25) is 0 Å². The Morgan fingerprint density at radius 3 is 1.49 bits per heavy atom. The fourth-order valence-electron chi connectivity index (χ4n) is 2.44. The van der Waals surface area contributed by atoms with E-state index in [0.717, 1.165) is 0 Å². The van der Waals surface area contributed by atoms with Crippen molar-refractivity contribution >= 4 is 24.2 Å². The Morgan fingerprint density at radius 1 is 0.743 bits per heavy atom. The molecule has 0 saturated heterocycles. The fraction of sp³-hybridized carbons (Fsp3) is 0.818. The minimum atomic E-state index is -1.04. The van der Waals surface area contributed by atoms with Crippen molar-refractivity contribution in [2.75, 3.05) is 78.5 Å². The van der Waals surface area contributed by atoms with E-state index in [1.807, 2.05) is 0 Å². The summed E-state index contributed by atoms with van der Waals surface area (Å²) in [5.74, 6) is -3.07.